The highest BCUT2D eigenvalue weighted by Gasteiger charge is 2.52. The minimum absolute atomic E-state index is 0.104. The highest BCUT2D eigenvalue weighted by molar-refractivity contribution is 5.81. The third kappa shape index (κ3) is 2.95. The Morgan fingerprint density at radius 2 is 2.31 bits per heavy atom. The zero-order valence-corrected chi connectivity index (χ0v) is 17.9. The highest BCUT2D eigenvalue weighted by atomic mass is 16.5. The van der Waals surface area contributed by atoms with Crippen molar-refractivity contribution in [2.45, 2.75) is 37.5 Å². The van der Waals surface area contributed by atoms with E-state index in [4.69, 9.17) is 9.84 Å². The second kappa shape index (κ2) is 7.17. The fraction of sp³-hybridized carbons (Fsp3) is 0.524. The molecule has 0 spiro atoms. The smallest absolute Gasteiger partial charge is 0.337 e. The van der Waals surface area contributed by atoms with Gasteiger partial charge in [0, 0.05) is 44.5 Å². The van der Waals surface area contributed by atoms with E-state index in [1.807, 2.05) is 16.8 Å². The van der Waals surface area contributed by atoms with E-state index in [1.165, 1.54) is 0 Å². The van der Waals surface area contributed by atoms with Gasteiger partial charge in [0.25, 0.3) is 0 Å². The Hall–Kier alpha value is -3.18. The van der Waals surface area contributed by atoms with Crippen LogP contribution in [0.1, 0.15) is 19.8 Å². The van der Waals surface area contributed by atoms with Crippen molar-refractivity contribution in [2.75, 3.05) is 42.5 Å². The predicted octanol–water partition coefficient (Wildman–Crippen LogP) is 0.740. The van der Waals surface area contributed by atoms with E-state index < -0.39 is 11.6 Å². The van der Waals surface area contributed by atoms with Crippen molar-refractivity contribution < 1.29 is 14.6 Å². The number of aromatic nitrogens is 5. The van der Waals surface area contributed by atoms with E-state index >= 15 is 0 Å². The maximum absolute atomic E-state index is 12.0. The zero-order valence-electron chi connectivity index (χ0n) is 17.9. The number of rotatable bonds is 4. The molecule has 2 bridgehead atoms. The molecule has 3 aliphatic heterocycles. The summed E-state index contributed by atoms with van der Waals surface area (Å²) in [4.78, 5) is 21.1. The van der Waals surface area contributed by atoms with E-state index in [2.05, 4.69) is 43.3 Å². The Kier molecular flexibility index (Phi) is 4.37. The Bertz CT molecular complexity index is 1160. The number of piperazine rings is 1. The quantitative estimate of drug-likeness (QED) is 0.541. The Balaban J connectivity index is 1.49. The van der Waals surface area contributed by atoms with Crippen molar-refractivity contribution in [1.29, 1.82) is 0 Å². The van der Waals surface area contributed by atoms with Gasteiger partial charge in [0.05, 0.1) is 24.5 Å². The normalized spacial score (nSPS) is 27.9. The molecule has 0 amide bonds. The number of nitrogens with zero attached hydrogens (tertiary/aromatic N) is 6. The molecule has 3 aromatic rings. The van der Waals surface area contributed by atoms with Gasteiger partial charge < -0.3 is 25.0 Å². The van der Waals surface area contributed by atoms with Gasteiger partial charge in [0.2, 0.25) is 0 Å². The van der Waals surface area contributed by atoms with Crippen molar-refractivity contribution in [2.24, 2.45) is 0 Å². The molecule has 0 radical (unpaired) electrons. The molecule has 3 aliphatic rings. The number of hydrogen-bond acceptors (Lipinski definition) is 8. The number of carbonyl (C=O) groups is 1. The van der Waals surface area contributed by atoms with Crippen LogP contribution in [-0.4, -0.2) is 86.3 Å². The topological polar surface area (TPSA) is 124 Å². The summed E-state index contributed by atoms with van der Waals surface area (Å²) in [6.07, 6.45) is 4.77. The van der Waals surface area contributed by atoms with Gasteiger partial charge in [-0.3, -0.25) is 5.10 Å². The van der Waals surface area contributed by atoms with Crippen molar-refractivity contribution in [3.63, 3.8) is 0 Å². The molecule has 3 atom stereocenters. The first-order valence-electron chi connectivity index (χ1n) is 11.1. The van der Waals surface area contributed by atoms with Crippen LogP contribution < -0.4 is 15.1 Å². The third-order valence-corrected chi connectivity index (χ3v) is 6.86. The second-order valence-corrected chi connectivity index (χ2v) is 8.93. The minimum atomic E-state index is -1.16. The Morgan fingerprint density at radius 3 is 3.09 bits per heavy atom. The van der Waals surface area contributed by atoms with Crippen LogP contribution in [0.15, 0.2) is 24.5 Å². The van der Waals surface area contributed by atoms with Gasteiger partial charge >= 0.3 is 5.97 Å². The second-order valence-electron chi connectivity index (χ2n) is 8.93. The number of aromatic amines is 1. The van der Waals surface area contributed by atoms with Gasteiger partial charge in [0.1, 0.15) is 11.2 Å². The molecule has 11 nitrogen and oxygen atoms in total. The summed E-state index contributed by atoms with van der Waals surface area (Å²) in [6, 6.07) is 4.25. The lowest BCUT2D eigenvalue weighted by atomic mass is 10.0. The van der Waals surface area contributed by atoms with Gasteiger partial charge in [-0.05, 0) is 25.8 Å². The molecule has 6 heterocycles. The molecule has 0 saturated carbocycles. The van der Waals surface area contributed by atoms with Crippen molar-refractivity contribution in [1.82, 2.24) is 30.1 Å². The predicted molar refractivity (Wildman–Crippen MR) is 117 cm³/mol. The van der Waals surface area contributed by atoms with Crippen LogP contribution in [0.25, 0.3) is 17.0 Å². The standard InChI is InChI=1S/C21H26N8O3/c1-13-9-22-6-7-28(13)16-8-18(27-11-14-2-4-21(12-27,32-14)20(30)31)26-29-17(16)10-23-19(29)15-3-5-24-25-15/h3,5,8,10,13-14,22H,2,4,6-7,9,11-12H2,1H3,(H,24,25)(H,30,31)/t13-,14?,21?/m1/s1. The van der Waals surface area contributed by atoms with Gasteiger partial charge in [-0.2, -0.15) is 5.10 Å². The van der Waals surface area contributed by atoms with Crippen LogP contribution in [-0.2, 0) is 9.53 Å². The Labute approximate surface area is 184 Å². The van der Waals surface area contributed by atoms with Crippen molar-refractivity contribution >= 4 is 23.0 Å². The SMILES string of the molecule is C[C@@H]1CNCCN1c1cc(N2CC3CCC(C(=O)O)(C2)O3)nn2c(-c3cc[nH]n3)ncc12. The number of carboxylic acids is 1. The number of imidazole rings is 1. The molecule has 6 rings (SSSR count). The van der Waals surface area contributed by atoms with Gasteiger partial charge in [-0.15, -0.1) is 5.10 Å². The summed E-state index contributed by atoms with van der Waals surface area (Å²) in [5.41, 5.74) is 1.49. The van der Waals surface area contributed by atoms with E-state index in [0.29, 0.717) is 30.5 Å². The number of ether oxygens (including phenoxy) is 1. The lowest BCUT2D eigenvalue weighted by molar-refractivity contribution is -0.165. The lowest BCUT2D eigenvalue weighted by Crippen LogP contribution is -2.55. The summed E-state index contributed by atoms with van der Waals surface area (Å²) in [5, 5.41) is 25.4. The number of H-pyrrole nitrogens is 1. The molecule has 11 heteroatoms. The summed E-state index contributed by atoms with van der Waals surface area (Å²) >= 11 is 0. The third-order valence-electron chi connectivity index (χ3n) is 6.86. The van der Waals surface area contributed by atoms with Crippen LogP contribution in [0.5, 0.6) is 0 Å². The summed E-state index contributed by atoms with van der Waals surface area (Å²) in [5.74, 6) is 0.478. The Morgan fingerprint density at radius 1 is 1.41 bits per heavy atom. The number of aliphatic carboxylic acids is 1. The van der Waals surface area contributed by atoms with Gasteiger partial charge in [-0.1, -0.05) is 0 Å². The molecule has 0 aromatic carbocycles. The largest absolute Gasteiger partial charge is 0.479 e. The average molecular weight is 438 g/mol. The average Bonchev–Trinajstić information content (AvgIpc) is 3.52. The molecule has 0 aliphatic carbocycles. The molecule has 3 aromatic heterocycles. The summed E-state index contributed by atoms with van der Waals surface area (Å²) in [7, 11) is 0. The molecular weight excluding hydrogens is 412 g/mol. The molecule has 3 saturated heterocycles. The maximum Gasteiger partial charge on any atom is 0.337 e. The van der Waals surface area contributed by atoms with Crippen LogP contribution in [0, 0.1) is 0 Å². The van der Waals surface area contributed by atoms with Gasteiger partial charge in [0.15, 0.2) is 17.2 Å². The van der Waals surface area contributed by atoms with E-state index in [-0.39, 0.29) is 12.6 Å². The fourth-order valence-corrected chi connectivity index (χ4v) is 5.19. The lowest BCUT2D eigenvalue weighted by Gasteiger charge is -2.39. The number of hydrogen-bond donors (Lipinski definition) is 3. The molecule has 168 valence electrons. The van der Waals surface area contributed by atoms with E-state index in [0.717, 1.165) is 43.1 Å². The van der Waals surface area contributed by atoms with Crippen LogP contribution in [0.2, 0.25) is 0 Å². The van der Waals surface area contributed by atoms with E-state index in [1.54, 1.807) is 6.20 Å². The number of morpholine rings is 1. The summed E-state index contributed by atoms with van der Waals surface area (Å²) < 4.78 is 7.73. The van der Waals surface area contributed by atoms with Crippen LogP contribution in [0.4, 0.5) is 11.5 Å². The first-order chi connectivity index (χ1) is 15.5. The van der Waals surface area contributed by atoms with Crippen molar-refractivity contribution in [3.05, 3.63) is 24.5 Å². The van der Waals surface area contributed by atoms with Gasteiger partial charge in [-0.25, -0.2) is 14.3 Å². The highest BCUT2D eigenvalue weighted by Crippen LogP contribution is 2.39. The van der Waals surface area contributed by atoms with Crippen LogP contribution in [0.3, 0.4) is 0 Å². The molecule has 3 fully saturated rings. The molecule has 2 unspecified atom stereocenters. The number of anilines is 2. The summed E-state index contributed by atoms with van der Waals surface area (Å²) in [6.45, 7) is 5.76. The van der Waals surface area contributed by atoms with Crippen molar-refractivity contribution in [3.8, 4) is 11.5 Å². The molecule has 32 heavy (non-hydrogen) atoms. The number of fused-ring (bicyclic) bond motifs is 3. The fourth-order valence-electron chi connectivity index (χ4n) is 5.19. The minimum Gasteiger partial charge on any atom is -0.479 e. The number of nitrogens with one attached hydrogen (secondary N) is 2. The monoisotopic (exact) mass is 438 g/mol. The van der Waals surface area contributed by atoms with Crippen LogP contribution >= 0.6 is 0 Å². The first-order valence-corrected chi connectivity index (χ1v) is 11.1. The number of carboxylic acid groups (broad SMARTS) is 1. The molecular formula is C21H26N8O3. The first kappa shape index (κ1) is 19.5. The van der Waals surface area contributed by atoms with E-state index in [9.17, 15) is 9.90 Å². The maximum atomic E-state index is 12.0. The molecule has 3 N–H and O–H groups in total. The zero-order chi connectivity index (χ0) is 21.9.